The first-order valence-electron chi connectivity index (χ1n) is 20.5. The molecule has 0 amide bonds. The molecule has 2 aromatic heterocycles. The van der Waals surface area contributed by atoms with Gasteiger partial charge in [-0.2, -0.15) is 0 Å². The molecule has 3 heterocycles. The van der Waals surface area contributed by atoms with Gasteiger partial charge in [-0.15, -0.1) is 0 Å². The lowest BCUT2D eigenvalue weighted by Gasteiger charge is -2.30. The van der Waals surface area contributed by atoms with Crippen molar-refractivity contribution >= 4 is 50.8 Å². The average molecular weight is 770 g/mol. The van der Waals surface area contributed by atoms with Gasteiger partial charge in [0.15, 0.2) is 5.82 Å². The van der Waals surface area contributed by atoms with Crippen molar-refractivity contribution in [3.8, 4) is 50.6 Å². The third-order valence-corrected chi connectivity index (χ3v) is 17.8. The first-order valence-corrected chi connectivity index (χ1v) is 22.5. The van der Waals surface area contributed by atoms with Gasteiger partial charge in [-0.1, -0.05) is 196 Å². The van der Waals surface area contributed by atoms with Crippen LogP contribution in [0.15, 0.2) is 200 Å². The monoisotopic (exact) mass is 769 g/mol. The Kier molecular flexibility index (Phi) is 7.29. The lowest BCUT2D eigenvalue weighted by atomic mass is 9.82. The van der Waals surface area contributed by atoms with Crippen LogP contribution in [-0.4, -0.2) is 22.6 Å². The topological polar surface area (TPSA) is 30.7 Å². The van der Waals surface area contributed by atoms with Gasteiger partial charge < -0.3 is 4.57 Å². The third kappa shape index (κ3) is 4.69. The second kappa shape index (κ2) is 12.7. The van der Waals surface area contributed by atoms with Crippen LogP contribution in [0.5, 0.6) is 0 Å². The summed E-state index contributed by atoms with van der Waals surface area (Å²) in [7, 11) is -2.88. The number of hydrogen-bond donors (Lipinski definition) is 0. The van der Waals surface area contributed by atoms with E-state index >= 15 is 0 Å². The van der Waals surface area contributed by atoms with Crippen molar-refractivity contribution in [2.75, 3.05) is 0 Å². The Morgan fingerprint density at radius 1 is 0.458 bits per heavy atom. The summed E-state index contributed by atoms with van der Waals surface area (Å²) in [5.41, 5.74) is 14.3. The van der Waals surface area contributed by atoms with Crippen molar-refractivity contribution in [1.82, 2.24) is 14.5 Å². The van der Waals surface area contributed by atoms with Gasteiger partial charge >= 0.3 is 0 Å². The normalized spacial score (nSPS) is 14.2. The van der Waals surface area contributed by atoms with Crippen molar-refractivity contribution in [2.45, 2.75) is 19.3 Å². The number of nitrogens with zero attached hydrogens (tertiary/aromatic N) is 3. The van der Waals surface area contributed by atoms with Gasteiger partial charge in [0.05, 0.1) is 22.0 Å². The van der Waals surface area contributed by atoms with E-state index < -0.39 is 8.07 Å². The minimum absolute atomic E-state index is 0.0938. The summed E-state index contributed by atoms with van der Waals surface area (Å²) in [6, 6.07) is 73.3. The SMILES string of the molecule is CC1(C)c2ccccc2-c2c1ccc1c3ccccc3n(-c3ccc(-c4nc(-c5ccccc5)nc5c4-c4ccccc4[Si]5(c4ccccc4)c4ccccc4)cc3)c21. The molecule has 8 aromatic carbocycles. The fourth-order valence-electron chi connectivity index (χ4n) is 10.5. The molecular weight excluding hydrogens is 731 g/mol. The number of rotatable bonds is 5. The summed E-state index contributed by atoms with van der Waals surface area (Å²) in [4.78, 5) is 11.2. The molecule has 0 saturated heterocycles. The highest BCUT2D eigenvalue weighted by Crippen LogP contribution is 2.53. The number of fused-ring (bicyclic) bond motifs is 10. The molecule has 0 atom stereocenters. The summed E-state index contributed by atoms with van der Waals surface area (Å²) in [5.74, 6) is 0.749. The van der Waals surface area contributed by atoms with Crippen molar-refractivity contribution in [3.63, 3.8) is 0 Å². The fourth-order valence-corrected chi connectivity index (χ4v) is 15.5. The molecule has 1 aliphatic carbocycles. The van der Waals surface area contributed by atoms with E-state index in [2.05, 4.69) is 219 Å². The highest BCUT2D eigenvalue weighted by Gasteiger charge is 2.51. The quantitative estimate of drug-likeness (QED) is 0.163. The van der Waals surface area contributed by atoms with Gasteiger partial charge in [0.25, 0.3) is 0 Å². The van der Waals surface area contributed by atoms with Crippen LogP contribution in [0.1, 0.15) is 25.0 Å². The summed E-state index contributed by atoms with van der Waals surface area (Å²) in [6.07, 6.45) is 0. The molecule has 0 bridgehead atoms. The Morgan fingerprint density at radius 3 is 1.80 bits per heavy atom. The predicted molar refractivity (Wildman–Crippen MR) is 247 cm³/mol. The Labute approximate surface area is 345 Å². The standard InChI is InChI=1S/C55H39N3Si/c1-55(2)45-27-15-12-25-43(45)49-46(55)35-34-42-41-24-13-16-28-47(41)58(52(42)49)38-32-30-36(31-33-38)51-50-44-26-14-17-29-48(44)59(39-20-8-4-9-21-39,40-22-10-5-11-23-40)54(50)57-53(56-51)37-18-6-3-7-19-37/h3-35H,1-2H3. The summed E-state index contributed by atoms with van der Waals surface area (Å²) in [5, 5.41) is 7.67. The van der Waals surface area contributed by atoms with E-state index in [-0.39, 0.29) is 5.41 Å². The van der Waals surface area contributed by atoms with Crippen LogP contribution < -0.4 is 20.9 Å². The van der Waals surface area contributed by atoms with Crippen LogP contribution in [0.25, 0.3) is 72.4 Å². The van der Waals surface area contributed by atoms with Gasteiger partial charge in [-0.3, -0.25) is 0 Å². The molecule has 2 aliphatic rings. The van der Waals surface area contributed by atoms with Crippen LogP contribution in [0, 0.1) is 0 Å². The van der Waals surface area contributed by atoms with E-state index in [0.717, 1.165) is 39.2 Å². The van der Waals surface area contributed by atoms with Gasteiger partial charge in [0.2, 0.25) is 8.07 Å². The average Bonchev–Trinajstić information content (AvgIpc) is 3.88. The minimum Gasteiger partial charge on any atom is -0.309 e. The molecule has 10 aromatic rings. The van der Waals surface area contributed by atoms with Crippen LogP contribution in [0.4, 0.5) is 0 Å². The number of para-hydroxylation sites is 1. The molecule has 0 spiro atoms. The summed E-state index contributed by atoms with van der Waals surface area (Å²) < 4.78 is 2.49. The van der Waals surface area contributed by atoms with Crippen molar-refractivity contribution in [2.24, 2.45) is 0 Å². The molecule has 0 radical (unpaired) electrons. The van der Waals surface area contributed by atoms with Gasteiger partial charge in [-0.05, 0) is 56.0 Å². The molecule has 59 heavy (non-hydrogen) atoms. The van der Waals surface area contributed by atoms with E-state index in [1.54, 1.807) is 0 Å². The van der Waals surface area contributed by atoms with Gasteiger partial charge in [0.1, 0.15) is 0 Å². The van der Waals surface area contributed by atoms with Crippen molar-refractivity contribution < 1.29 is 0 Å². The van der Waals surface area contributed by atoms with Crippen molar-refractivity contribution in [1.29, 1.82) is 0 Å². The zero-order valence-electron chi connectivity index (χ0n) is 32.9. The molecule has 0 N–H and O–H groups in total. The van der Waals surface area contributed by atoms with Gasteiger partial charge in [-0.25, -0.2) is 9.97 Å². The molecule has 0 unspecified atom stereocenters. The Balaban J connectivity index is 1.13. The minimum atomic E-state index is -2.88. The molecule has 4 heteroatoms. The lowest BCUT2D eigenvalue weighted by Crippen LogP contribution is -2.73. The van der Waals surface area contributed by atoms with E-state index in [4.69, 9.17) is 9.97 Å². The molecule has 0 saturated carbocycles. The summed E-state index contributed by atoms with van der Waals surface area (Å²) >= 11 is 0. The zero-order chi connectivity index (χ0) is 39.3. The lowest BCUT2D eigenvalue weighted by molar-refractivity contribution is 0.661. The largest absolute Gasteiger partial charge is 0.309 e. The Hall–Kier alpha value is -7.14. The highest BCUT2D eigenvalue weighted by molar-refractivity contribution is 7.21. The van der Waals surface area contributed by atoms with Crippen LogP contribution in [0.2, 0.25) is 0 Å². The van der Waals surface area contributed by atoms with E-state index in [0.29, 0.717) is 0 Å². The predicted octanol–water partition coefficient (Wildman–Crippen LogP) is 10.6. The number of benzene rings is 8. The maximum Gasteiger partial charge on any atom is 0.203 e. The molecule has 3 nitrogen and oxygen atoms in total. The maximum absolute atomic E-state index is 5.67. The van der Waals surface area contributed by atoms with Crippen LogP contribution >= 0.6 is 0 Å². The zero-order valence-corrected chi connectivity index (χ0v) is 33.9. The number of aromatic nitrogens is 3. The van der Waals surface area contributed by atoms with Gasteiger partial charge in [0, 0.05) is 44.1 Å². The number of hydrogen-bond acceptors (Lipinski definition) is 2. The fraction of sp³-hybridized carbons (Fsp3) is 0.0545. The third-order valence-electron chi connectivity index (χ3n) is 13.1. The van der Waals surface area contributed by atoms with E-state index in [9.17, 15) is 0 Å². The van der Waals surface area contributed by atoms with Crippen molar-refractivity contribution in [3.05, 3.63) is 211 Å². The molecule has 0 fully saturated rings. The Bertz CT molecular complexity index is 3240. The smallest absolute Gasteiger partial charge is 0.203 e. The van der Waals surface area contributed by atoms with Crippen LogP contribution in [0.3, 0.4) is 0 Å². The maximum atomic E-state index is 5.67. The first-order chi connectivity index (χ1) is 29.0. The Morgan fingerprint density at radius 2 is 1.07 bits per heavy atom. The van der Waals surface area contributed by atoms with Crippen LogP contribution in [-0.2, 0) is 5.41 Å². The first kappa shape index (κ1) is 33.9. The van der Waals surface area contributed by atoms with E-state index in [1.165, 1.54) is 65.2 Å². The molecular formula is C55H39N3Si. The second-order valence-electron chi connectivity index (χ2n) is 16.5. The highest BCUT2D eigenvalue weighted by atomic mass is 28.3. The van der Waals surface area contributed by atoms with E-state index in [1.807, 2.05) is 0 Å². The second-order valence-corrected chi connectivity index (χ2v) is 20.1. The molecule has 1 aliphatic heterocycles. The molecule has 278 valence electrons. The molecule has 12 rings (SSSR count). The summed E-state index contributed by atoms with van der Waals surface area (Å²) in [6.45, 7) is 4.72.